The quantitative estimate of drug-likeness (QED) is 0.668. The van der Waals surface area contributed by atoms with E-state index in [9.17, 15) is 9.90 Å². The van der Waals surface area contributed by atoms with Crippen LogP contribution in [0.5, 0.6) is 0 Å². The minimum atomic E-state index is -0.588. The van der Waals surface area contributed by atoms with Gasteiger partial charge in [0.15, 0.2) is 0 Å². The summed E-state index contributed by atoms with van der Waals surface area (Å²) in [5, 5.41) is 9.67. The standard InChI is InChI=1S/C19H34O2/c1-17(2)11-7-6-10-14-19(17,15-16(20)21)18(3)12-8-4-5-9-13-18/h4-15H2,1-3H3,(H,20,21). The number of aliphatic carboxylic acids is 1. The lowest BCUT2D eigenvalue weighted by atomic mass is 9.47. The third-order valence-electron chi connectivity index (χ3n) is 7.02. The van der Waals surface area contributed by atoms with Crippen LogP contribution in [0.15, 0.2) is 0 Å². The summed E-state index contributed by atoms with van der Waals surface area (Å²) in [6.45, 7) is 7.14. The van der Waals surface area contributed by atoms with E-state index in [0.29, 0.717) is 6.42 Å². The van der Waals surface area contributed by atoms with E-state index in [1.54, 1.807) is 0 Å². The van der Waals surface area contributed by atoms with Crippen molar-refractivity contribution < 1.29 is 9.90 Å². The minimum absolute atomic E-state index is 0.0212. The van der Waals surface area contributed by atoms with Crippen molar-refractivity contribution in [2.75, 3.05) is 0 Å². The molecule has 21 heavy (non-hydrogen) atoms. The molecule has 0 spiro atoms. The van der Waals surface area contributed by atoms with Crippen LogP contribution in [0.3, 0.4) is 0 Å². The Bertz CT molecular complexity index is 364. The first-order valence-electron chi connectivity index (χ1n) is 9.05. The van der Waals surface area contributed by atoms with Crippen molar-refractivity contribution in [1.82, 2.24) is 0 Å². The van der Waals surface area contributed by atoms with Gasteiger partial charge < -0.3 is 5.11 Å². The van der Waals surface area contributed by atoms with Gasteiger partial charge in [0.2, 0.25) is 0 Å². The first-order valence-corrected chi connectivity index (χ1v) is 9.05. The Labute approximate surface area is 130 Å². The molecule has 0 aromatic heterocycles. The molecule has 122 valence electrons. The molecule has 0 aromatic rings. The van der Waals surface area contributed by atoms with Crippen LogP contribution in [-0.2, 0) is 4.79 Å². The van der Waals surface area contributed by atoms with E-state index in [1.807, 2.05) is 0 Å². The molecule has 1 unspecified atom stereocenters. The summed E-state index contributed by atoms with van der Waals surface area (Å²) in [5.41, 5.74) is 0.323. The summed E-state index contributed by atoms with van der Waals surface area (Å²) in [5.74, 6) is -0.588. The monoisotopic (exact) mass is 294 g/mol. The van der Waals surface area contributed by atoms with Gasteiger partial charge in [-0.25, -0.2) is 0 Å². The van der Waals surface area contributed by atoms with Crippen LogP contribution < -0.4 is 0 Å². The van der Waals surface area contributed by atoms with Gasteiger partial charge in [0.1, 0.15) is 0 Å². The molecule has 0 heterocycles. The minimum Gasteiger partial charge on any atom is -0.481 e. The average molecular weight is 294 g/mol. The van der Waals surface area contributed by atoms with Gasteiger partial charge in [-0.1, -0.05) is 65.7 Å². The van der Waals surface area contributed by atoms with E-state index in [0.717, 1.165) is 6.42 Å². The molecule has 2 nitrogen and oxygen atoms in total. The number of carboxylic acids is 1. The number of hydrogen-bond acceptors (Lipinski definition) is 1. The third kappa shape index (κ3) is 3.14. The Balaban J connectivity index is 2.45. The van der Waals surface area contributed by atoms with Gasteiger partial charge in [0.05, 0.1) is 6.42 Å². The number of rotatable bonds is 3. The fourth-order valence-electron chi connectivity index (χ4n) is 5.65. The van der Waals surface area contributed by atoms with Crippen LogP contribution in [0.25, 0.3) is 0 Å². The van der Waals surface area contributed by atoms with Gasteiger partial charge in [-0.2, -0.15) is 0 Å². The van der Waals surface area contributed by atoms with E-state index >= 15 is 0 Å². The molecular formula is C19H34O2. The number of carboxylic acid groups (broad SMARTS) is 1. The van der Waals surface area contributed by atoms with E-state index in [-0.39, 0.29) is 16.2 Å². The fourth-order valence-corrected chi connectivity index (χ4v) is 5.65. The molecule has 0 aromatic carbocycles. The molecule has 2 aliphatic carbocycles. The van der Waals surface area contributed by atoms with Gasteiger partial charge in [-0.05, 0) is 41.9 Å². The van der Waals surface area contributed by atoms with Crippen molar-refractivity contribution >= 4 is 5.97 Å². The predicted octanol–water partition coefficient (Wildman–Crippen LogP) is 5.80. The fraction of sp³-hybridized carbons (Fsp3) is 0.947. The lowest BCUT2D eigenvalue weighted by Gasteiger charge is -2.57. The maximum atomic E-state index is 11.7. The highest BCUT2D eigenvalue weighted by Gasteiger charge is 2.56. The molecule has 0 amide bonds. The first-order chi connectivity index (χ1) is 9.83. The third-order valence-corrected chi connectivity index (χ3v) is 7.02. The zero-order valence-corrected chi connectivity index (χ0v) is 14.3. The topological polar surface area (TPSA) is 37.3 Å². The summed E-state index contributed by atoms with van der Waals surface area (Å²) in [7, 11) is 0. The van der Waals surface area contributed by atoms with Crippen LogP contribution >= 0.6 is 0 Å². The zero-order valence-electron chi connectivity index (χ0n) is 14.3. The van der Waals surface area contributed by atoms with E-state index in [4.69, 9.17) is 0 Å². The second-order valence-electron chi connectivity index (χ2n) is 8.57. The Morgan fingerprint density at radius 3 is 1.86 bits per heavy atom. The van der Waals surface area contributed by atoms with Crippen molar-refractivity contribution in [2.24, 2.45) is 16.2 Å². The van der Waals surface area contributed by atoms with Crippen molar-refractivity contribution in [3.63, 3.8) is 0 Å². The second kappa shape index (κ2) is 6.30. The van der Waals surface area contributed by atoms with Crippen molar-refractivity contribution in [3.8, 4) is 0 Å². The first kappa shape index (κ1) is 16.8. The molecule has 2 saturated carbocycles. The molecular weight excluding hydrogens is 260 g/mol. The Morgan fingerprint density at radius 1 is 0.810 bits per heavy atom. The zero-order chi connectivity index (χ0) is 15.6. The molecule has 0 bridgehead atoms. The van der Waals surface area contributed by atoms with Gasteiger partial charge in [-0.3, -0.25) is 4.79 Å². The second-order valence-corrected chi connectivity index (χ2v) is 8.57. The summed E-state index contributed by atoms with van der Waals surface area (Å²) in [4.78, 5) is 11.7. The highest BCUT2D eigenvalue weighted by atomic mass is 16.4. The van der Waals surface area contributed by atoms with Crippen LogP contribution in [0.1, 0.15) is 97.8 Å². The van der Waals surface area contributed by atoms with Gasteiger partial charge in [0, 0.05) is 0 Å². The number of carbonyl (C=O) groups is 1. The van der Waals surface area contributed by atoms with E-state index < -0.39 is 5.97 Å². The van der Waals surface area contributed by atoms with Crippen LogP contribution in [-0.4, -0.2) is 11.1 Å². The highest BCUT2D eigenvalue weighted by molar-refractivity contribution is 5.68. The normalized spacial score (nSPS) is 32.9. The summed E-state index contributed by atoms with van der Waals surface area (Å²) < 4.78 is 0. The average Bonchev–Trinajstić information content (AvgIpc) is 2.69. The molecule has 0 radical (unpaired) electrons. The maximum absolute atomic E-state index is 11.7. The van der Waals surface area contributed by atoms with Gasteiger partial charge >= 0.3 is 5.97 Å². The Kier molecular flexibility index (Phi) is 5.05. The van der Waals surface area contributed by atoms with Crippen molar-refractivity contribution in [1.29, 1.82) is 0 Å². The molecule has 2 aliphatic rings. The molecule has 0 aliphatic heterocycles. The smallest absolute Gasteiger partial charge is 0.303 e. The number of hydrogen-bond donors (Lipinski definition) is 1. The molecule has 2 rings (SSSR count). The molecule has 2 heteroatoms. The molecule has 0 saturated heterocycles. The van der Waals surface area contributed by atoms with Crippen molar-refractivity contribution in [3.05, 3.63) is 0 Å². The lowest BCUT2D eigenvalue weighted by molar-refractivity contribution is -0.152. The summed E-state index contributed by atoms with van der Waals surface area (Å²) in [6, 6.07) is 0. The van der Waals surface area contributed by atoms with Crippen LogP contribution in [0.4, 0.5) is 0 Å². The van der Waals surface area contributed by atoms with Crippen LogP contribution in [0, 0.1) is 16.2 Å². The van der Waals surface area contributed by atoms with E-state index in [1.165, 1.54) is 64.2 Å². The highest BCUT2D eigenvalue weighted by Crippen LogP contribution is 2.64. The SMILES string of the molecule is CC1(C)CCCCCC1(CC(=O)O)C1(C)CCCCCC1. The lowest BCUT2D eigenvalue weighted by Crippen LogP contribution is -2.51. The summed E-state index contributed by atoms with van der Waals surface area (Å²) in [6.07, 6.45) is 14.1. The van der Waals surface area contributed by atoms with E-state index in [2.05, 4.69) is 20.8 Å². The largest absolute Gasteiger partial charge is 0.481 e. The van der Waals surface area contributed by atoms with Gasteiger partial charge in [-0.15, -0.1) is 0 Å². The Hall–Kier alpha value is -0.530. The summed E-state index contributed by atoms with van der Waals surface area (Å²) >= 11 is 0. The van der Waals surface area contributed by atoms with Crippen LogP contribution in [0.2, 0.25) is 0 Å². The van der Waals surface area contributed by atoms with Gasteiger partial charge in [0.25, 0.3) is 0 Å². The predicted molar refractivity (Wildman–Crippen MR) is 87.4 cm³/mol. The molecule has 1 atom stereocenters. The maximum Gasteiger partial charge on any atom is 0.303 e. The molecule has 1 N–H and O–H groups in total. The van der Waals surface area contributed by atoms with Crippen molar-refractivity contribution in [2.45, 2.75) is 97.8 Å². The molecule has 2 fully saturated rings. The Morgan fingerprint density at radius 2 is 1.29 bits per heavy atom.